The number of hydrogen-bond donors (Lipinski definition) is 4. The summed E-state index contributed by atoms with van der Waals surface area (Å²) in [5, 5.41) is 17.9. The van der Waals surface area contributed by atoms with Crippen LogP contribution < -0.4 is 20.7 Å². The van der Waals surface area contributed by atoms with Crippen LogP contribution in [0.5, 0.6) is 5.88 Å². The first kappa shape index (κ1) is 41.2. The number of nitrogens with zero attached hydrogens (tertiary/aromatic N) is 3. The molecular weight excluding hydrogens is 709 g/mol. The molecule has 16 heteroatoms. The molecule has 5 rings (SSSR count). The van der Waals surface area contributed by atoms with Crippen LogP contribution in [-0.4, -0.2) is 75.6 Å². The molecule has 4 aromatic rings. The van der Waals surface area contributed by atoms with Gasteiger partial charge in [-0.3, -0.25) is 14.7 Å². The second kappa shape index (κ2) is 17.5. The number of carboxylic acids is 1. The zero-order valence-electron chi connectivity index (χ0n) is 30.7. The summed E-state index contributed by atoms with van der Waals surface area (Å²) in [6, 6.07) is 16.1. The van der Waals surface area contributed by atoms with Gasteiger partial charge >= 0.3 is 18.2 Å². The highest BCUT2D eigenvalue weighted by atomic mass is 19.4. The average Bonchev–Trinajstić information content (AvgIpc) is 3.59. The molecule has 0 bridgehead atoms. The maximum absolute atomic E-state index is 14.1. The summed E-state index contributed by atoms with van der Waals surface area (Å²) in [5.74, 6) is -3.04. The predicted molar refractivity (Wildman–Crippen MR) is 195 cm³/mol. The molecule has 3 amide bonds. The molecule has 0 saturated heterocycles. The van der Waals surface area contributed by atoms with Crippen LogP contribution in [0.25, 0.3) is 22.0 Å². The van der Waals surface area contributed by atoms with E-state index < -0.39 is 35.8 Å². The first-order chi connectivity index (χ1) is 25.4. The molecule has 1 aliphatic carbocycles. The van der Waals surface area contributed by atoms with Crippen LogP contribution in [0, 0.1) is 18.8 Å². The maximum atomic E-state index is 14.1. The van der Waals surface area contributed by atoms with E-state index in [0.29, 0.717) is 31.0 Å². The molecule has 2 heterocycles. The molecule has 1 aliphatic rings. The molecule has 1 fully saturated rings. The van der Waals surface area contributed by atoms with Crippen LogP contribution in [0.15, 0.2) is 60.8 Å². The Bertz CT molecular complexity index is 1930. The van der Waals surface area contributed by atoms with Crippen molar-refractivity contribution in [3.8, 4) is 17.0 Å². The van der Waals surface area contributed by atoms with E-state index in [-0.39, 0.29) is 24.2 Å². The number of amides is 3. The number of rotatable bonds is 9. The fraction of sp³-hybridized carbons (Fsp3) is 0.421. The van der Waals surface area contributed by atoms with Crippen LogP contribution in [-0.2, 0) is 25.5 Å². The highest BCUT2D eigenvalue weighted by Gasteiger charge is 2.38. The molecule has 13 nitrogen and oxygen atoms in total. The van der Waals surface area contributed by atoms with E-state index in [2.05, 4.69) is 20.5 Å². The first-order valence-electron chi connectivity index (χ1n) is 17.3. The molecule has 290 valence electrons. The number of anilines is 1. The van der Waals surface area contributed by atoms with Gasteiger partial charge in [0.05, 0.1) is 30.6 Å². The van der Waals surface area contributed by atoms with Gasteiger partial charge in [-0.05, 0) is 101 Å². The Balaban J connectivity index is 0.000000845. The number of alkyl carbamates (subject to hydrolysis) is 1. The number of alkyl halides is 3. The van der Waals surface area contributed by atoms with Crippen LogP contribution in [0.4, 0.5) is 23.7 Å². The number of carbonyl (C=O) groups is 4. The quantitative estimate of drug-likeness (QED) is 0.150. The van der Waals surface area contributed by atoms with Crippen molar-refractivity contribution in [3.63, 3.8) is 0 Å². The second-order valence-corrected chi connectivity index (χ2v) is 14.1. The van der Waals surface area contributed by atoms with Gasteiger partial charge in [0.15, 0.2) is 0 Å². The summed E-state index contributed by atoms with van der Waals surface area (Å²) in [6.45, 7) is 7.88. The Hall–Kier alpha value is -5.51. The van der Waals surface area contributed by atoms with E-state index in [1.165, 1.54) is 4.90 Å². The van der Waals surface area contributed by atoms with E-state index in [1.807, 2.05) is 70.2 Å². The number of methoxy groups -OCH3 is 1. The summed E-state index contributed by atoms with van der Waals surface area (Å²) in [5.41, 5.74) is 10.9. The van der Waals surface area contributed by atoms with Crippen molar-refractivity contribution in [1.29, 1.82) is 0 Å². The fourth-order valence-electron chi connectivity index (χ4n) is 6.05. The lowest BCUT2D eigenvalue weighted by Crippen LogP contribution is -2.50. The third-order valence-corrected chi connectivity index (χ3v) is 8.80. The Morgan fingerprint density at radius 2 is 1.67 bits per heavy atom. The average molecular weight is 755 g/mol. The minimum absolute atomic E-state index is 0.222. The number of hydrogen-bond acceptors (Lipinski definition) is 9. The number of nitrogens with two attached hydrogens (primary N) is 1. The zero-order chi connectivity index (χ0) is 39.8. The molecule has 2 aromatic heterocycles. The molecule has 0 unspecified atom stereocenters. The van der Waals surface area contributed by atoms with Gasteiger partial charge in [0.1, 0.15) is 5.60 Å². The van der Waals surface area contributed by atoms with Crippen molar-refractivity contribution in [3.05, 3.63) is 72.1 Å². The van der Waals surface area contributed by atoms with E-state index in [4.69, 9.17) is 25.1 Å². The van der Waals surface area contributed by atoms with Crippen molar-refractivity contribution in [2.45, 2.75) is 77.6 Å². The van der Waals surface area contributed by atoms with Crippen molar-refractivity contribution in [2.75, 3.05) is 18.6 Å². The van der Waals surface area contributed by atoms with Crippen molar-refractivity contribution in [1.82, 2.24) is 20.5 Å². The number of aryl methyl sites for hydroxylation is 1. The van der Waals surface area contributed by atoms with E-state index in [9.17, 15) is 27.6 Å². The van der Waals surface area contributed by atoms with Crippen LogP contribution in [0.2, 0.25) is 0 Å². The predicted octanol–water partition coefficient (Wildman–Crippen LogP) is 6.34. The number of ether oxygens (including phenoxy) is 2. The van der Waals surface area contributed by atoms with Gasteiger partial charge in [0, 0.05) is 35.2 Å². The van der Waals surface area contributed by atoms with E-state index in [1.54, 1.807) is 25.4 Å². The number of aromatic amines is 1. The minimum Gasteiger partial charge on any atom is -0.481 e. The summed E-state index contributed by atoms with van der Waals surface area (Å²) in [6.07, 6.45) is -0.877. The molecule has 0 aliphatic heterocycles. The molecule has 54 heavy (non-hydrogen) atoms. The van der Waals surface area contributed by atoms with Crippen LogP contribution >= 0.6 is 0 Å². The molecule has 5 N–H and O–H groups in total. The van der Waals surface area contributed by atoms with Crippen molar-refractivity contribution >= 4 is 40.5 Å². The molecule has 0 spiro atoms. The van der Waals surface area contributed by atoms with Gasteiger partial charge in [0.2, 0.25) is 11.8 Å². The Morgan fingerprint density at radius 1 is 1.02 bits per heavy atom. The monoisotopic (exact) mass is 754 g/mol. The topological polar surface area (TPSA) is 190 Å². The SMILES string of the molecule is COc1ccc(-c2ccc(C[C@H](N)C(=O)N(c3ccc4cn[nH]c4c3)C(=O)[C@H]3CC[C@H](CNC(=O)OC(C)(C)C)CC3)cc2)c(C)n1.O=C(O)C(F)(F)F. The highest BCUT2D eigenvalue weighted by Crippen LogP contribution is 2.33. The number of pyridine rings is 1. The van der Waals surface area contributed by atoms with Gasteiger partial charge < -0.3 is 25.6 Å². The minimum atomic E-state index is -5.08. The second-order valence-electron chi connectivity index (χ2n) is 14.1. The lowest BCUT2D eigenvalue weighted by atomic mass is 9.81. The third-order valence-electron chi connectivity index (χ3n) is 8.80. The van der Waals surface area contributed by atoms with Gasteiger partial charge in [-0.15, -0.1) is 0 Å². The highest BCUT2D eigenvalue weighted by molar-refractivity contribution is 6.17. The smallest absolute Gasteiger partial charge is 0.481 e. The van der Waals surface area contributed by atoms with Crippen LogP contribution in [0.3, 0.4) is 0 Å². The number of aromatic nitrogens is 3. The lowest BCUT2D eigenvalue weighted by molar-refractivity contribution is -0.192. The van der Waals surface area contributed by atoms with Crippen LogP contribution in [0.1, 0.15) is 57.7 Å². The molecular formula is C38H45F3N6O7. The zero-order valence-corrected chi connectivity index (χ0v) is 30.7. The number of imide groups is 1. The third kappa shape index (κ3) is 11.2. The van der Waals surface area contributed by atoms with Gasteiger partial charge in [-0.25, -0.2) is 19.5 Å². The standard InChI is InChI=1S/C36H44N6O5.C2HF3O2/c1-22-29(16-17-32(40-22)46-5)25-10-6-23(7-11-25)18-30(37)34(44)42(28-15-14-27-21-39-41-31(27)19-28)33(43)26-12-8-24(9-13-26)20-38-35(45)47-36(2,3)4;3-2(4,5)1(6)7/h6-7,10-11,14-17,19,21,24,26,30H,8-9,12-13,18,20,37H2,1-5H3,(H,38,45)(H,39,41);(H,6,7)/t24-,26-,30-;/m0./s1. The Labute approximate surface area is 310 Å². The van der Waals surface area contributed by atoms with E-state index >= 15 is 0 Å². The number of carboxylic acid groups (broad SMARTS) is 1. The van der Waals surface area contributed by atoms with Crippen molar-refractivity contribution < 1.29 is 46.9 Å². The number of fused-ring (bicyclic) bond motifs is 1. The lowest BCUT2D eigenvalue weighted by Gasteiger charge is -2.32. The first-order valence-corrected chi connectivity index (χ1v) is 17.3. The number of aliphatic carboxylic acids is 1. The Morgan fingerprint density at radius 3 is 2.24 bits per heavy atom. The number of carbonyl (C=O) groups excluding carboxylic acids is 3. The van der Waals surface area contributed by atoms with Gasteiger partial charge in [-0.2, -0.15) is 18.3 Å². The molecule has 1 saturated carbocycles. The normalized spacial score (nSPS) is 16.4. The van der Waals surface area contributed by atoms with Gasteiger partial charge in [-0.1, -0.05) is 24.3 Å². The fourth-order valence-corrected chi connectivity index (χ4v) is 6.05. The number of benzene rings is 2. The van der Waals surface area contributed by atoms with Crippen molar-refractivity contribution in [2.24, 2.45) is 17.6 Å². The molecule has 0 radical (unpaired) electrons. The summed E-state index contributed by atoms with van der Waals surface area (Å²) in [7, 11) is 1.59. The Kier molecular flexibility index (Phi) is 13.4. The number of halogens is 3. The molecule has 1 atom stereocenters. The number of H-pyrrole nitrogens is 1. The summed E-state index contributed by atoms with van der Waals surface area (Å²) in [4.78, 5) is 54.9. The summed E-state index contributed by atoms with van der Waals surface area (Å²) < 4.78 is 42.3. The number of nitrogens with one attached hydrogen (secondary N) is 2. The van der Waals surface area contributed by atoms with E-state index in [0.717, 1.165) is 46.1 Å². The summed E-state index contributed by atoms with van der Waals surface area (Å²) >= 11 is 0. The maximum Gasteiger partial charge on any atom is 0.490 e. The van der Waals surface area contributed by atoms with Gasteiger partial charge in [0.25, 0.3) is 5.91 Å². The largest absolute Gasteiger partial charge is 0.490 e. The molecule has 2 aromatic carbocycles.